The molecule has 8 nitrogen and oxygen atoms in total. The third-order valence-corrected chi connectivity index (χ3v) is 7.18. The smallest absolute Gasteiger partial charge is 0.132 e. The molecule has 3 heterocycles. The summed E-state index contributed by atoms with van der Waals surface area (Å²) in [5.74, 6) is -0.449. The predicted octanol–water partition coefficient (Wildman–Crippen LogP) is 5.85. The van der Waals surface area contributed by atoms with Crippen molar-refractivity contribution in [2.45, 2.75) is 32.4 Å². The summed E-state index contributed by atoms with van der Waals surface area (Å²) in [6.45, 7) is 7.62. The van der Waals surface area contributed by atoms with Gasteiger partial charge in [0, 0.05) is 25.3 Å². The lowest BCUT2D eigenvalue weighted by atomic mass is 10.1. The molecule has 1 aromatic carbocycles. The fourth-order valence-electron chi connectivity index (χ4n) is 3.41. The summed E-state index contributed by atoms with van der Waals surface area (Å²) in [7, 11) is -1.26. The molecule has 34 heavy (non-hydrogen) atoms. The van der Waals surface area contributed by atoms with Crippen molar-refractivity contribution in [2.75, 3.05) is 11.8 Å². The Bertz CT molecular complexity index is 1330. The van der Waals surface area contributed by atoms with Gasteiger partial charge in [0.05, 0.1) is 34.9 Å². The highest BCUT2D eigenvalue weighted by atomic mass is 35.5. The molecule has 0 spiro atoms. The first-order valence-electron chi connectivity index (χ1n) is 10.7. The number of anilines is 1. The molecule has 0 saturated carbocycles. The van der Waals surface area contributed by atoms with Gasteiger partial charge < -0.3 is 9.30 Å². The number of halogens is 2. The Balaban J connectivity index is 1.78. The minimum absolute atomic E-state index is 0.0277. The fraction of sp³-hybridized carbons (Fsp3) is 0.261. The largest absolute Gasteiger partial charge is 0.361 e. The zero-order chi connectivity index (χ0) is 24.5. The molecule has 0 radical (unpaired) electrons. The molecule has 0 aliphatic heterocycles. The van der Waals surface area contributed by atoms with Gasteiger partial charge in [0.15, 0.2) is 0 Å². The standard InChI is InChI=1S/C23H25ClFN5O3Si/c1-34(2,3)9-8-33-14-29-13-27-22(23(29)17-10-15(24)4-5-18(17)25)20-7-6-19-21(28-20)11-16(12-26-19)30(31)32/h4-7,10-13,31-32H,8-9,14H2,1-3H3. The van der Waals surface area contributed by atoms with E-state index in [0.717, 1.165) is 6.04 Å². The summed E-state index contributed by atoms with van der Waals surface area (Å²) >= 11 is 6.19. The number of benzene rings is 1. The van der Waals surface area contributed by atoms with Crippen molar-refractivity contribution in [3.63, 3.8) is 0 Å². The van der Waals surface area contributed by atoms with Crippen molar-refractivity contribution >= 4 is 36.4 Å². The molecule has 3 aromatic heterocycles. The van der Waals surface area contributed by atoms with Gasteiger partial charge >= 0.3 is 0 Å². The first-order valence-corrected chi connectivity index (χ1v) is 14.7. The summed E-state index contributed by atoms with van der Waals surface area (Å²) in [6.07, 6.45) is 2.90. The molecule has 0 amide bonds. The Morgan fingerprint density at radius 2 is 1.88 bits per heavy atom. The molecule has 0 unspecified atom stereocenters. The number of aromatic nitrogens is 4. The van der Waals surface area contributed by atoms with Crippen molar-refractivity contribution < 1.29 is 19.5 Å². The maximum atomic E-state index is 14.9. The van der Waals surface area contributed by atoms with E-state index in [-0.39, 0.29) is 23.2 Å². The lowest BCUT2D eigenvalue weighted by Crippen LogP contribution is -2.22. The zero-order valence-corrected chi connectivity index (χ0v) is 20.8. The summed E-state index contributed by atoms with van der Waals surface area (Å²) in [5, 5.41) is 19.0. The lowest BCUT2D eigenvalue weighted by Gasteiger charge is -2.16. The van der Waals surface area contributed by atoms with Crippen molar-refractivity contribution in [3.05, 3.63) is 59.8 Å². The molecule has 0 bridgehead atoms. The van der Waals surface area contributed by atoms with Gasteiger partial charge in [-0.05, 0) is 42.4 Å². The topological polar surface area (TPSA) is 96.5 Å². The molecule has 178 valence electrons. The van der Waals surface area contributed by atoms with Crippen LogP contribution in [-0.2, 0) is 11.5 Å². The zero-order valence-electron chi connectivity index (χ0n) is 19.0. The first kappa shape index (κ1) is 24.2. The number of nitrogens with zero attached hydrogens (tertiary/aromatic N) is 5. The van der Waals surface area contributed by atoms with E-state index in [1.165, 1.54) is 24.4 Å². The van der Waals surface area contributed by atoms with E-state index in [4.69, 9.17) is 16.3 Å². The van der Waals surface area contributed by atoms with Crippen molar-refractivity contribution in [1.29, 1.82) is 0 Å². The average molecular weight is 502 g/mol. The fourth-order valence-corrected chi connectivity index (χ4v) is 4.34. The maximum absolute atomic E-state index is 14.9. The minimum atomic E-state index is -1.26. The molecular weight excluding hydrogens is 477 g/mol. The van der Waals surface area contributed by atoms with Gasteiger partial charge in [-0.15, -0.1) is 5.23 Å². The van der Waals surface area contributed by atoms with Gasteiger partial charge in [0.2, 0.25) is 0 Å². The Labute approximate surface area is 202 Å². The van der Waals surface area contributed by atoms with Gasteiger partial charge in [-0.2, -0.15) is 0 Å². The monoisotopic (exact) mass is 501 g/mol. The van der Waals surface area contributed by atoms with Crippen LogP contribution in [0.1, 0.15) is 0 Å². The Hall–Kier alpha value is -2.89. The SMILES string of the molecule is C[Si](C)(C)CCOCn1cnc(-c2ccc3ncc(N(O)O)cc3n2)c1-c1cc(Cl)ccc1F. The van der Waals surface area contributed by atoms with Crippen LogP contribution in [0.3, 0.4) is 0 Å². The van der Waals surface area contributed by atoms with Crippen LogP contribution in [0.25, 0.3) is 33.7 Å². The highest BCUT2D eigenvalue weighted by molar-refractivity contribution is 6.76. The number of rotatable bonds is 8. The third kappa shape index (κ3) is 5.42. The van der Waals surface area contributed by atoms with Crippen molar-refractivity contribution in [1.82, 2.24) is 19.5 Å². The molecular formula is C23H25ClFN5O3Si. The van der Waals surface area contributed by atoms with Gasteiger partial charge in [0.1, 0.15) is 23.9 Å². The third-order valence-electron chi connectivity index (χ3n) is 5.24. The van der Waals surface area contributed by atoms with E-state index < -0.39 is 13.9 Å². The van der Waals surface area contributed by atoms with Gasteiger partial charge in [-0.3, -0.25) is 15.4 Å². The number of imidazole rings is 1. The van der Waals surface area contributed by atoms with Crippen LogP contribution in [-0.4, -0.2) is 44.6 Å². The second kappa shape index (κ2) is 9.77. The Kier molecular flexibility index (Phi) is 6.96. The number of ether oxygens (including phenoxy) is 1. The Morgan fingerprint density at radius 3 is 2.62 bits per heavy atom. The summed E-state index contributed by atoms with van der Waals surface area (Å²) in [5.41, 5.74) is 2.69. The van der Waals surface area contributed by atoms with Crippen LogP contribution in [0, 0.1) is 5.82 Å². The van der Waals surface area contributed by atoms with Crippen LogP contribution in [0.5, 0.6) is 0 Å². The first-order chi connectivity index (χ1) is 16.1. The van der Waals surface area contributed by atoms with Gasteiger partial charge in [-0.1, -0.05) is 31.2 Å². The number of hydrogen-bond donors (Lipinski definition) is 2. The molecule has 11 heteroatoms. The lowest BCUT2D eigenvalue weighted by molar-refractivity contribution is 0.0290. The van der Waals surface area contributed by atoms with E-state index in [0.29, 0.717) is 39.7 Å². The van der Waals surface area contributed by atoms with E-state index in [1.807, 2.05) is 0 Å². The van der Waals surface area contributed by atoms with Gasteiger partial charge in [0.25, 0.3) is 0 Å². The molecule has 0 saturated heterocycles. The van der Waals surface area contributed by atoms with Gasteiger partial charge in [-0.25, -0.2) is 14.4 Å². The number of hydrogen-bond acceptors (Lipinski definition) is 7. The molecule has 0 aliphatic rings. The molecule has 2 N–H and O–H groups in total. The summed E-state index contributed by atoms with van der Waals surface area (Å²) < 4.78 is 22.6. The molecule has 4 rings (SSSR count). The average Bonchev–Trinajstić information content (AvgIpc) is 3.20. The van der Waals surface area contributed by atoms with Crippen LogP contribution in [0.2, 0.25) is 30.7 Å². The van der Waals surface area contributed by atoms with E-state index in [9.17, 15) is 14.8 Å². The van der Waals surface area contributed by atoms with Crippen molar-refractivity contribution in [3.8, 4) is 22.6 Å². The van der Waals surface area contributed by atoms with Crippen LogP contribution >= 0.6 is 11.6 Å². The second-order valence-electron chi connectivity index (χ2n) is 9.10. The highest BCUT2D eigenvalue weighted by Gasteiger charge is 2.21. The highest BCUT2D eigenvalue weighted by Crippen LogP contribution is 2.34. The second-order valence-corrected chi connectivity index (χ2v) is 15.2. The minimum Gasteiger partial charge on any atom is -0.361 e. The molecule has 0 fully saturated rings. The van der Waals surface area contributed by atoms with Crippen LogP contribution in [0.4, 0.5) is 10.1 Å². The predicted molar refractivity (Wildman–Crippen MR) is 131 cm³/mol. The van der Waals surface area contributed by atoms with Crippen LogP contribution in [0.15, 0.2) is 48.9 Å². The maximum Gasteiger partial charge on any atom is 0.132 e. The van der Waals surface area contributed by atoms with E-state index in [2.05, 4.69) is 34.6 Å². The Morgan fingerprint density at radius 1 is 1.09 bits per heavy atom. The van der Waals surface area contributed by atoms with Crippen LogP contribution < -0.4 is 5.23 Å². The van der Waals surface area contributed by atoms with Crippen molar-refractivity contribution in [2.24, 2.45) is 0 Å². The molecule has 0 aliphatic carbocycles. The number of pyridine rings is 2. The van der Waals surface area contributed by atoms with E-state index >= 15 is 0 Å². The quantitative estimate of drug-likeness (QED) is 0.177. The van der Waals surface area contributed by atoms with E-state index in [1.54, 1.807) is 29.1 Å². The summed E-state index contributed by atoms with van der Waals surface area (Å²) in [4.78, 5) is 13.3. The molecule has 4 aromatic rings. The molecule has 0 atom stereocenters. The normalized spacial score (nSPS) is 11.9. The summed E-state index contributed by atoms with van der Waals surface area (Å²) in [6, 6.07) is 10.3. The number of fused-ring (bicyclic) bond motifs is 1.